The number of furan rings is 3. The van der Waals surface area contributed by atoms with Gasteiger partial charge in [-0.2, -0.15) is 0 Å². The Morgan fingerprint density at radius 3 is 1.47 bits per heavy atom. The zero-order valence-corrected chi connectivity index (χ0v) is 32.8. The first kappa shape index (κ1) is 33.3. The molecule has 0 bridgehead atoms. The number of aromatic nitrogens is 4. The Morgan fingerprint density at radius 2 is 0.823 bits per heavy atom. The van der Waals surface area contributed by atoms with Crippen LogP contribution in [-0.4, -0.2) is 19.5 Å². The van der Waals surface area contributed by atoms with Gasteiger partial charge in [-0.25, -0.2) is 15.0 Å². The molecule has 0 aliphatic carbocycles. The summed E-state index contributed by atoms with van der Waals surface area (Å²) in [6.45, 7) is 0. The molecule has 7 nitrogen and oxygen atoms in total. The van der Waals surface area contributed by atoms with Crippen LogP contribution in [0.4, 0.5) is 0 Å². The summed E-state index contributed by atoms with van der Waals surface area (Å²) in [6.07, 6.45) is 0. The van der Waals surface area contributed by atoms with E-state index in [1.807, 2.05) is 78.9 Å². The van der Waals surface area contributed by atoms with Gasteiger partial charge in [0, 0.05) is 54.7 Å². The molecule has 14 aromatic rings. The molecule has 14 rings (SSSR count). The van der Waals surface area contributed by atoms with Gasteiger partial charge in [0.15, 0.2) is 17.5 Å². The van der Waals surface area contributed by atoms with E-state index in [0.717, 1.165) is 88.1 Å². The normalized spacial score (nSPS) is 12.2. The minimum Gasteiger partial charge on any atom is -0.456 e. The van der Waals surface area contributed by atoms with Gasteiger partial charge in [0.25, 0.3) is 0 Å². The molecular weight excluding hydrogens is 765 g/mol. The molecule has 5 aromatic heterocycles. The molecule has 0 N–H and O–H groups in total. The van der Waals surface area contributed by atoms with Gasteiger partial charge in [0.1, 0.15) is 33.5 Å². The summed E-state index contributed by atoms with van der Waals surface area (Å²) < 4.78 is 22.3. The van der Waals surface area contributed by atoms with Crippen LogP contribution in [0.1, 0.15) is 0 Å². The molecular formula is C55H30N4O3. The molecule has 0 saturated carbocycles. The first-order chi connectivity index (χ1) is 30.7. The highest BCUT2D eigenvalue weighted by atomic mass is 16.3. The average Bonchev–Trinajstić information content (AvgIpc) is 4.09. The topological polar surface area (TPSA) is 83.0 Å². The number of hydrogen-bond donors (Lipinski definition) is 0. The van der Waals surface area contributed by atoms with Crippen molar-refractivity contribution >= 4 is 98.4 Å². The van der Waals surface area contributed by atoms with Crippen molar-refractivity contribution in [3.8, 4) is 39.9 Å². The van der Waals surface area contributed by atoms with Crippen LogP contribution in [0.3, 0.4) is 0 Å². The van der Waals surface area contributed by atoms with Crippen molar-refractivity contribution in [1.29, 1.82) is 0 Å². The van der Waals surface area contributed by atoms with E-state index in [1.165, 1.54) is 21.5 Å². The molecule has 288 valence electrons. The second-order valence-electron chi connectivity index (χ2n) is 15.9. The molecule has 0 radical (unpaired) electrons. The van der Waals surface area contributed by atoms with Gasteiger partial charge in [-0.3, -0.25) is 0 Å². The van der Waals surface area contributed by atoms with Crippen molar-refractivity contribution in [2.45, 2.75) is 0 Å². The number of benzene rings is 9. The second kappa shape index (κ2) is 12.5. The molecule has 0 saturated heterocycles. The highest BCUT2D eigenvalue weighted by Crippen LogP contribution is 2.43. The minimum atomic E-state index is 0.484. The Morgan fingerprint density at radius 1 is 0.323 bits per heavy atom. The lowest BCUT2D eigenvalue weighted by Gasteiger charge is -2.13. The first-order valence-electron chi connectivity index (χ1n) is 20.7. The van der Waals surface area contributed by atoms with E-state index < -0.39 is 0 Å². The van der Waals surface area contributed by atoms with E-state index >= 15 is 0 Å². The van der Waals surface area contributed by atoms with Crippen LogP contribution in [0.25, 0.3) is 138 Å². The number of para-hydroxylation sites is 6. The van der Waals surface area contributed by atoms with E-state index in [0.29, 0.717) is 28.6 Å². The van der Waals surface area contributed by atoms with Crippen LogP contribution in [0.5, 0.6) is 0 Å². The largest absolute Gasteiger partial charge is 0.456 e. The van der Waals surface area contributed by atoms with Crippen molar-refractivity contribution in [3.05, 3.63) is 182 Å². The van der Waals surface area contributed by atoms with Crippen LogP contribution in [-0.2, 0) is 0 Å². The van der Waals surface area contributed by atoms with E-state index in [2.05, 4.69) is 108 Å². The van der Waals surface area contributed by atoms with Crippen molar-refractivity contribution in [3.63, 3.8) is 0 Å². The van der Waals surface area contributed by atoms with Crippen molar-refractivity contribution < 1.29 is 13.3 Å². The van der Waals surface area contributed by atoms with Gasteiger partial charge in [0.05, 0.1) is 27.8 Å². The highest BCUT2D eigenvalue weighted by Gasteiger charge is 2.24. The third-order valence-corrected chi connectivity index (χ3v) is 12.4. The third-order valence-electron chi connectivity index (χ3n) is 12.4. The average molecular weight is 795 g/mol. The molecule has 0 aliphatic rings. The summed E-state index contributed by atoms with van der Waals surface area (Å²) in [5.41, 5.74) is 9.98. The van der Waals surface area contributed by atoms with Crippen molar-refractivity contribution in [1.82, 2.24) is 19.5 Å². The smallest absolute Gasteiger partial charge is 0.167 e. The Kier molecular flexibility index (Phi) is 6.71. The fraction of sp³-hybridized carbons (Fsp3) is 0. The molecule has 62 heavy (non-hydrogen) atoms. The molecule has 0 atom stereocenters. The molecule has 0 unspecified atom stereocenters. The van der Waals surface area contributed by atoms with E-state index in [9.17, 15) is 0 Å². The monoisotopic (exact) mass is 794 g/mol. The van der Waals surface area contributed by atoms with Crippen molar-refractivity contribution in [2.24, 2.45) is 0 Å². The summed E-state index contributed by atoms with van der Waals surface area (Å²) in [5, 5.41) is 10.6. The molecule has 0 amide bonds. The maximum Gasteiger partial charge on any atom is 0.167 e. The summed E-state index contributed by atoms with van der Waals surface area (Å²) in [7, 11) is 0. The molecule has 5 heterocycles. The van der Waals surface area contributed by atoms with Crippen LogP contribution >= 0.6 is 0 Å². The van der Waals surface area contributed by atoms with Gasteiger partial charge >= 0.3 is 0 Å². The van der Waals surface area contributed by atoms with Crippen LogP contribution < -0.4 is 0 Å². The van der Waals surface area contributed by atoms with Gasteiger partial charge in [0.2, 0.25) is 0 Å². The molecule has 0 spiro atoms. The molecule has 9 aromatic carbocycles. The van der Waals surface area contributed by atoms with E-state index in [4.69, 9.17) is 28.2 Å². The Balaban J connectivity index is 1.10. The van der Waals surface area contributed by atoms with E-state index in [1.54, 1.807) is 0 Å². The maximum absolute atomic E-state index is 6.75. The first-order valence-corrected chi connectivity index (χ1v) is 20.7. The lowest BCUT2D eigenvalue weighted by molar-refractivity contribution is 0.668. The Hall–Kier alpha value is -8.55. The number of fused-ring (bicyclic) bond motifs is 13. The molecule has 0 fully saturated rings. The zero-order chi connectivity index (χ0) is 40.5. The quantitative estimate of drug-likeness (QED) is 0.176. The van der Waals surface area contributed by atoms with Crippen LogP contribution in [0.15, 0.2) is 195 Å². The van der Waals surface area contributed by atoms with Crippen molar-refractivity contribution in [2.75, 3.05) is 0 Å². The predicted octanol–water partition coefficient (Wildman–Crippen LogP) is 14.8. The Bertz CT molecular complexity index is 4060. The van der Waals surface area contributed by atoms with Gasteiger partial charge < -0.3 is 17.8 Å². The lowest BCUT2D eigenvalue weighted by atomic mass is 10.0. The molecule has 7 heteroatoms. The van der Waals surface area contributed by atoms with Crippen LogP contribution in [0, 0.1) is 0 Å². The molecule has 0 aliphatic heterocycles. The van der Waals surface area contributed by atoms with Gasteiger partial charge in [-0.1, -0.05) is 121 Å². The predicted molar refractivity (Wildman–Crippen MR) is 250 cm³/mol. The van der Waals surface area contributed by atoms with Crippen LogP contribution in [0.2, 0.25) is 0 Å². The second-order valence-corrected chi connectivity index (χ2v) is 15.9. The SMILES string of the molecule is c1ccc2cc3c(cc2c1)c1ccccc1n3-c1cc(-c2nc(-c3cccc4c3oc3ccccc34)nc(-c3cccc4c3oc3ccccc34)n2)c2c(c1)oc1ccccc12. The fourth-order valence-electron chi connectivity index (χ4n) is 9.66. The summed E-state index contributed by atoms with van der Waals surface area (Å²) >= 11 is 0. The third kappa shape index (κ3) is 4.73. The minimum absolute atomic E-state index is 0.484. The van der Waals surface area contributed by atoms with Gasteiger partial charge in [-0.05, 0) is 65.4 Å². The zero-order valence-electron chi connectivity index (χ0n) is 32.8. The highest BCUT2D eigenvalue weighted by molar-refractivity contribution is 6.16. The van der Waals surface area contributed by atoms with Gasteiger partial charge in [-0.15, -0.1) is 0 Å². The van der Waals surface area contributed by atoms with E-state index in [-0.39, 0.29) is 0 Å². The number of nitrogens with zero attached hydrogens (tertiary/aromatic N) is 4. The fourth-order valence-corrected chi connectivity index (χ4v) is 9.66. The Labute approximate surface area is 351 Å². The maximum atomic E-state index is 6.75. The standard InChI is InChI=1S/C55H30N4O3/c1-2-14-32-28-45-42(27-31(32)13-1)34-15-3-7-23-44(34)59(45)33-29-43(50-39-18-6-10-26-48(39)60-49(50)30-33)55-57-53(40-21-11-19-37-35-16-4-8-24-46(35)61-51(37)40)56-54(58-55)41-22-12-20-38-36-17-5-9-25-47(36)62-52(38)41/h1-30H. The summed E-state index contributed by atoms with van der Waals surface area (Å²) in [5.74, 6) is 1.46. The summed E-state index contributed by atoms with van der Waals surface area (Å²) in [6, 6.07) is 62.7. The number of rotatable bonds is 4. The summed E-state index contributed by atoms with van der Waals surface area (Å²) in [4.78, 5) is 16.1. The lowest BCUT2D eigenvalue weighted by Crippen LogP contribution is -2.02. The number of hydrogen-bond acceptors (Lipinski definition) is 6.